The molecule has 3 atom stereocenters. The summed E-state index contributed by atoms with van der Waals surface area (Å²) in [6.07, 6.45) is 5.87. The molecule has 0 radical (unpaired) electrons. The topological polar surface area (TPSA) is 34.1 Å². The molecule has 0 amide bonds. The van der Waals surface area contributed by atoms with Crippen LogP contribution in [0.1, 0.15) is 30.1 Å². The number of carbonyl (C=O) groups excluding carboxylic acids is 2. The molecule has 1 aromatic rings. The average molecular weight is 240 g/mol. The van der Waals surface area contributed by atoms with Crippen molar-refractivity contribution in [2.75, 3.05) is 0 Å². The van der Waals surface area contributed by atoms with Crippen molar-refractivity contribution in [3.63, 3.8) is 0 Å². The molecule has 0 saturated heterocycles. The maximum atomic E-state index is 12.7. The van der Waals surface area contributed by atoms with E-state index >= 15 is 0 Å². The molecule has 1 fully saturated rings. The van der Waals surface area contributed by atoms with E-state index in [1.54, 1.807) is 6.92 Å². The van der Waals surface area contributed by atoms with Crippen molar-refractivity contribution in [3.05, 3.63) is 48.0 Å². The zero-order valence-corrected chi connectivity index (χ0v) is 10.4. The Morgan fingerprint density at radius 1 is 1.17 bits per heavy atom. The van der Waals surface area contributed by atoms with Crippen molar-refractivity contribution in [1.29, 1.82) is 0 Å². The van der Waals surface area contributed by atoms with E-state index in [1.807, 2.05) is 30.3 Å². The normalized spacial score (nSPS) is 32.7. The van der Waals surface area contributed by atoms with Crippen molar-refractivity contribution >= 4 is 11.6 Å². The molecule has 2 bridgehead atoms. The highest BCUT2D eigenvalue weighted by atomic mass is 16.2. The number of carbonyl (C=O) groups is 2. The number of hydrogen-bond donors (Lipinski definition) is 0. The average Bonchev–Trinajstić information content (AvgIpc) is 2.99. The van der Waals surface area contributed by atoms with Crippen LogP contribution in [0.25, 0.3) is 0 Å². The quantitative estimate of drug-likeness (QED) is 0.462. The minimum atomic E-state index is -0.791. The summed E-state index contributed by atoms with van der Waals surface area (Å²) in [6.45, 7) is 1.56. The fraction of sp³-hybridized carbons (Fsp3) is 0.375. The molecule has 0 aliphatic heterocycles. The second kappa shape index (κ2) is 3.91. The zero-order valence-electron chi connectivity index (χ0n) is 10.4. The van der Waals surface area contributed by atoms with E-state index in [4.69, 9.17) is 0 Å². The van der Waals surface area contributed by atoms with Gasteiger partial charge in [0, 0.05) is 5.56 Å². The second-order valence-corrected chi connectivity index (χ2v) is 5.41. The second-order valence-electron chi connectivity index (χ2n) is 5.41. The van der Waals surface area contributed by atoms with E-state index in [0.29, 0.717) is 17.9 Å². The maximum absolute atomic E-state index is 12.7. The highest BCUT2D eigenvalue weighted by molar-refractivity contribution is 6.14. The summed E-state index contributed by atoms with van der Waals surface area (Å²) in [5.41, 5.74) is -0.130. The van der Waals surface area contributed by atoms with E-state index in [9.17, 15) is 9.59 Å². The fourth-order valence-electron chi connectivity index (χ4n) is 3.53. The lowest BCUT2D eigenvalue weighted by Crippen LogP contribution is -2.41. The molecule has 0 N–H and O–H groups in total. The van der Waals surface area contributed by atoms with Crippen molar-refractivity contribution in [2.24, 2.45) is 17.3 Å². The Bertz CT molecular complexity index is 529. The summed E-state index contributed by atoms with van der Waals surface area (Å²) in [6, 6.07) is 9.21. The molecule has 2 heteroatoms. The predicted octanol–water partition coefficient (Wildman–Crippen LogP) is 3.04. The standard InChI is InChI=1S/C16H16O2/c1-11(17)16(10-12-7-8-14(16)9-12)15(18)13-5-3-2-4-6-13/h2-8,12,14H,9-10H2,1H3/t12-,14+,16-/m1/s1. The van der Waals surface area contributed by atoms with Gasteiger partial charge in [-0.25, -0.2) is 0 Å². The molecule has 92 valence electrons. The highest BCUT2D eigenvalue weighted by Crippen LogP contribution is 2.54. The maximum Gasteiger partial charge on any atom is 0.176 e. The molecule has 0 spiro atoms. The number of Topliss-reactive ketones (excluding diaryl/α,β-unsaturated/α-hetero) is 2. The molecular weight excluding hydrogens is 224 g/mol. The van der Waals surface area contributed by atoms with Gasteiger partial charge < -0.3 is 0 Å². The molecule has 2 nitrogen and oxygen atoms in total. The molecule has 1 aromatic carbocycles. The van der Waals surface area contributed by atoms with Gasteiger partial charge in [-0.2, -0.15) is 0 Å². The van der Waals surface area contributed by atoms with Crippen LogP contribution in [0.4, 0.5) is 0 Å². The summed E-state index contributed by atoms with van der Waals surface area (Å²) < 4.78 is 0. The number of hydrogen-bond acceptors (Lipinski definition) is 2. The first-order valence-electron chi connectivity index (χ1n) is 6.44. The Kier molecular flexibility index (Phi) is 2.47. The molecule has 18 heavy (non-hydrogen) atoms. The van der Waals surface area contributed by atoms with Gasteiger partial charge in [0.15, 0.2) is 5.78 Å². The largest absolute Gasteiger partial charge is 0.299 e. The van der Waals surface area contributed by atoms with E-state index < -0.39 is 5.41 Å². The first-order chi connectivity index (χ1) is 8.64. The van der Waals surface area contributed by atoms with Crippen LogP contribution in [0, 0.1) is 17.3 Å². The first-order valence-corrected chi connectivity index (χ1v) is 6.44. The Morgan fingerprint density at radius 3 is 2.39 bits per heavy atom. The van der Waals surface area contributed by atoms with E-state index in [2.05, 4.69) is 12.2 Å². The van der Waals surface area contributed by atoms with Crippen LogP contribution in [-0.2, 0) is 4.79 Å². The summed E-state index contributed by atoms with van der Waals surface area (Å²) in [4.78, 5) is 24.9. The van der Waals surface area contributed by atoms with Crippen LogP contribution < -0.4 is 0 Å². The zero-order chi connectivity index (χ0) is 12.8. The molecular formula is C16H16O2. The van der Waals surface area contributed by atoms with Gasteiger partial charge >= 0.3 is 0 Å². The monoisotopic (exact) mass is 240 g/mol. The Morgan fingerprint density at radius 2 is 1.89 bits per heavy atom. The highest BCUT2D eigenvalue weighted by Gasteiger charge is 2.56. The SMILES string of the molecule is CC(=O)[C@]1(C(=O)c2ccccc2)C[C@@H]2C=C[C@H]1C2. The third-order valence-electron chi connectivity index (χ3n) is 4.46. The van der Waals surface area contributed by atoms with E-state index in [1.165, 1.54) is 0 Å². The van der Waals surface area contributed by atoms with Gasteiger partial charge in [-0.3, -0.25) is 9.59 Å². The van der Waals surface area contributed by atoms with Gasteiger partial charge in [0.1, 0.15) is 5.78 Å². The molecule has 0 aromatic heterocycles. The Balaban J connectivity index is 2.05. The number of fused-ring (bicyclic) bond motifs is 2. The summed E-state index contributed by atoms with van der Waals surface area (Å²) in [5, 5.41) is 0. The molecule has 2 aliphatic carbocycles. The van der Waals surface area contributed by atoms with Crippen LogP contribution in [0.2, 0.25) is 0 Å². The lowest BCUT2D eigenvalue weighted by Gasteiger charge is -2.31. The summed E-state index contributed by atoms with van der Waals surface area (Å²) >= 11 is 0. The smallest absolute Gasteiger partial charge is 0.176 e. The van der Waals surface area contributed by atoms with Gasteiger partial charge in [-0.05, 0) is 31.6 Å². The number of allylic oxidation sites excluding steroid dienone is 2. The van der Waals surface area contributed by atoms with Crippen LogP contribution >= 0.6 is 0 Å². The van der Waals surface area contributed by atoms with Crippen LogP contribution in [0.5, 0.6) is 0 Å². The van der Waals surface area contributed by atoms with E-state index in [0.717, 1.165) is 6.42 Å². The molecule has 1 saturated carbocycles. The molecule has 3 rings (SSSR count). The summed E-state index contributed by atoms with van der Waals surface area (Å²) in [7, 11) is 0. The Labute approximate surface area is 107 Å². The van der Waals surface area contributed by atoms with Crippen molar-refractivity contribution in [3.8, 4) is 0 Å². The van der Waals surface area contributed by atoms with Crippen molar-refractivity contribution < 1.29 is 9.59 Å². The van der Waals surface area contributed by atoms with E-state index in [-0.39, 0.29) is 17.5 Å². The minimum Gasteiger partial charge on any atom is -0.299 e. The first kappa shape index (κ1) is 11.4. The van der Waals surface area contributed by atoms with Gasteiger partial charge in [-0.15, -0.1) is 0 Å². The lowest BCUT2D eigenvalue weighted by atomic mass is 9.68. The van der Waals surface area contributed by atoms with Crippen LogP contribution in [0.3, 0.4) is 0 Å². The van der Waals surface area contributed by atoms with Crippen molar-refractivity contribution in [2.45, 2.75) is 19.8 Å². The third-order valence-corrected chi connectivity index (χ3v) is 4.46. The third kappa shape index (κ3) is 1.41. The number of rotatable bonds is 3. The van der Waals surface area contributed by atoms with Crippen LogP contribution in [0.15, 0.2) is 42.5 Å². The Hall–Kier alpha value is -1.70. The van der Waals surface area contributed by atoms with Crippen molar-refractivity contribution in [1.82, 2.24) is 0 Å². The molecule has 0 heterocycles. The number of benzene rings is 1. The molecule has 0 unspecified atom stereocenters. The fourth-order valence-corrected chi connectivity index (χ4v) is 3.53. The summed E-state index contributed by atoms with van der Waals surface area (Å²) in [5.74, 6) is 0.542. The van der Waals surface area contributed by atoms with Crippen LogP contribution in [-0.4, -0.2) is 11.6 Å². The minimum absolute atomic E-state index is 0.00690. The number of ketones is 2. The molecule has 2 aliphatic rings. The van der Waals surface area contributed by atoms with Gasteiger partial charge in [0.05, 0.1) is 5.41 Å². The van der Waals surface area contributed by atoms with Gasteiger partial charge in [-0.1, -0.05) is 42.5 Å². The van der Waals surface area contributed by atoms with Gasteiger partial charge in [0.2, 0.25) is 0 Å². The lowest BCUT2D eigenvalue weighted by molar-refractivity contribution is -0.125. The van der Waals surface area contributed by atoms with Gasteiger partial charge in [0.25, 0.3) is 0 Å². The predicted molar refractivity (Wildman–Crippen MR) is 69.2 cm³/mol.